The van der Waals surface area contributed by atoms with Gasteiger partial charge in [-0.2, -0.15) is 0 Å². The third kappa shape index (κ3) is 3.31. The minimum atomic E-state index is -0.867. The van der Waals surface area contributed by atoms with Crippen molar-refractivity contribution in [1.29, 1.82) is 0 Å². The number of guanidine groups is 1. The maximum absolute atomic E-state index is 10.7. The SMILES string of the molecule is COC1(OC)CN(C)C(=N[N+](=O)[O-])N(Cc2ccoc2)C1. The standard InChI is InChI=1S/C12H18N4O5/c1-14-8-12(19-2,20-3)9-15(11(14)13-16(17)18)6-10-4-5-21-7-10/h4-5,7H,6,8-9H2,1-3H3. The lowest BCUT2D eigenvalue weighted by molar-refractivity contribution is -0.486. The van der Waals surface area contributed by atoms with E-state index in [1.54, 1.807) is 49.7 Å². The van der Waals surface area contributed by atoms with Gasteiger partial charge in [-0.25, -0.2) is 10.1 Å². The Morgan fingerprint density at radius 1 is 1.48 bits per heavy atom. The van der Waals surface area contributed by atoms with Crippen LogP contribution in [0.15, 0.2) is 28.1 Å². The third-order valence-electron chi connectivity index (χ3n) is 3.40. The number of hydrazone groups is 1. The van der Waals surface area contributed by atoms with Gasteiger partial charge >= 0.3 is 0 Å². The zero-order valence-electron chi connectivity index (χ0n) is 12.2. The molecular formula is C12H18N4O5. The highest BCUT2D eigenvalue weighted by molar-refractivity contribution is 5.80. The predicted octanol–water partition coefficient (Wildman–Crippen LogP) is 0.564. The van der Waals surface area contributed by atoms with Crippen LogP contribution >= 0.6 is 0 Å². The molecule has 0 aliphatic carbocycles. The summed E-state index contributed by atoms with van der Waals surface area (Å²) in [6, 6.07) is 1.79. The lowest BCUT2D eigenvalue weighted by atomic mass is 10.1. The normalized spacial score (nSPS) is 20.0. The summed E-state index contributed by atoms with van der Waals surface area (Å²) in [5, 5.41) is 13.5. The van der Waals surface area contributed by atoms with Crippen LogP contribution in [0.25, 0.3) is 0 Å². The molecule has 2 rings (SSSR count). The summed E-state index contributed by atoms with van der Waals surface area (Å²) >= 11 is 0. The highest BCUT2D eigenvalue weighted by Crippen LogP contribution is 2.23. The van der Waals surface area contributed by atoms with Gasteiger partial charge in [0.25, 0.3) is 5.96 Å². The number of rotatable bonds is 5. The number of methoxy groups -OCH3 is 2. The molecular weight excluding hydrogens is 280 g/mol. The number of likely N-dealkylation sites (N-methyl/N-ethyl adjacent to an activating group) is 1. The molecule has 0 N–H and O–H groups in total. The average molecular weight is 298 g/mol. The van der Waals surface area contributed by atoms with E-state index in [2.05, 4.69) is 5.10 Å². The summed E-state index contributed by atoms with van der Waals surface area (Å²) < 4.78 is 15.9. The second-order valence-corrected chi connectivity index (χ2v) is 4.80. The minimum Gasteiger partial charge on any atom is -0.472 e. The van der Waals surface area contributed by atoms with Gasteiger partial charge < -0.3 is 23.7 Å². The van der Waals surface area contributed by atoms with Crippen LogP contribution in [0.4, 0.5) is 0 Å². The number of ether oxygens (including phenoxy) is 2. The monoisotopic (exact) mass is 298 g/mol. The van der Waals surface area contributed by atoms with E-state index in [1.165, 1.54) is 0 Å². The highest BCUT2D eigenvalue weighted by atomic mass is 16.7. The molecule has 1 aromatic rings. The Morgan fingerprint density at radius 3 is 2.71 bits per heavy atom. The first-order chi connectivity index (χ1) is 9.99. The van der Waals surface area contributed by atoms with E-state index in [-0.39, 0.29) is 5.96 Å². The Kier molecular flexibility index (Phi) is 4.43. The van der Waals surface area contributed by atoms with Crippen molar-refractivity contribution in [3.05, 3.63) is 34.3 Å². The maximum atomic E-state index is 10.7. The van der Waals surface area contributed by atoms with Crippen molar-refractivity contribution in [3.63, 3.8) is 0 Å². The van der Waals surface area contributed by atoms with Gasteiger partial charge in [0.2, 0.25) is 5.79 Å². The molecule has 0 amide bonds. The number of hydrogen-bond acceptors (Lipinski definition) is 5. The van der Waals surface area contributed by atoms with Gasteiger partial charge in [0.05, 0.1) is 25.6 Å². The lowest BCUT2D eigenvalue weighted by Crippen LogP contribution is -2.63. The molecule has 0 radical (unpaired) electrons. The van der Waals surface area contributed by atoms with Crippen LogP contribution in [0.1, 0.15) is 5.56 Å². The number of nitro groups is 1. The Morgan fingerprint density at radius 2 is 2.19 bits per heavy atom. The smallest absolute Gasteiger partial charge is 0.274 e. The van der Waals surface area contributed by atoms with Crippen molar-refractivity contribution in [1.82, 2.24) is 9.80 Å². The predicted molar refractivity (Wildman–Crippen MR) is 72.9 cm³/mol. The van der Waals surface area contributed by atoms with Crippen molar-refractivity contribution < 1.29 is 18.9 Å². The summed E-state index contributed by atoms with van der Waals surface area (Å²) in [6.07, 6.45) is 3.13. The molecule has 0 bridgehead atoms. The quantitative estimate of drug-likeness (QED) is 0.445. The van der Waals surface area contributed by atoms with Crippen LogP contribution < -0.4 is 0 Å². The van der Waals surface area contributed by atoms with Gasteiger partial charge in [-0.05, 0) is 6.07 Å². The molecule has 0 unspecified atom stereocenters. The van der Waals surface area contributed by atoms with Crippen LogP contribution in [-0.2, 0) is 16.0 Å². The second-order valence-electron chi connectivity index (χ2n) is 4.80. The summed E-state index contributed by atoms with van der Waals surface area (Å²) in [5.74, 6) is -0.611. The maximum Gasteiger partial charge on any atom is 0.274 e. The Bertz CT molecular complexity index is 512. The molecule has 0 aromatic carbocycles. The average Bonchev–Trinajstić information content (AvgIpc) is 2.95. The Hall–Kier alpha value is -2.13. The van der Waals surface area contributed by atoms with Gasteiger partial charge in [-0.15, -0.1) is 0 Å². The summed E-state index contributed by atoms with van der Waals surface area (Å²) in [7, 11) is 4.79. The molecule has 1 fully saturated rings. The number of nitrogens with zero attached hydrogens (tertiary/aromatic N) is 4. The summed E-state index contributed by atoms with van der Waals surface area (Å²) in [5.41, 5.74) is 0.877. The minimum absolute atomic E-state index is 0.255. The number of furan rings is 1. The Labute approximate surface area is 121 Å². The van der Waals surface area contributed by atoms with Crippen molar-refractivity contribution in [2.45, 2.75) is 12.3 Å². The molecule has 1 saturated heterocycles. The van der Waals surface area contributed by atoms with Gasteiger partial charge in [0.15, 0.2) is 5.03 Å². The summed E-state index contributed by atoms with van der Waals surface area (Å²) in [4.78, 5) is 14.1. The first kappa shape index (κ1) is 15.3. The number of hydrogen-bond donors (Lipinski definition) is 0. The van der Waals surface area contributed by atoms with E-state index < -0.39 is 10.8 Å². The lowest BCUT2D eigenvalue weighted by Gasteiger charge is -2.45. The van der Waals surface area contributed by atoms with Crippen molar-refractivity contribution in [2.75, 3.05) is 34.4 Å². The molecule has 1 aliphatic heterocycles. The van der Waals surface area contributed by atoms with Crippen molar-refractivity contribution in [3.8, 4) is 0 Å². The van der Waals surface area contributed by atoms with E-state index in [9.17, 15) is 10.1 Å². The molecule has 9 nitrogen and oxygen atoms in total. The van der Waals surface area contributed by atoms with Gasteiger partial charge in [-0.1, -0.05) is 0 Å². The fraction of sp³-hybridized carbons (Fsp3) is 0.583. The van der Waals surface area contributed by atoms with Crippen molar-refractivity contribution in [2.24, 2.45) is 5.10 Å². The van der Waals surface area contributed by atoms with Crippen LogP contribution in [-0.4, -0.2) is 60.9 Å². The van der Waals surface area contributed by atoms with Crippen molar-refractivity contribution >= 4 is 5.96 Å². The fourth-order valence-corrected chi connectivity index (χ4v) is 2.37. The zero-order valence-corrected chi connectivity index (χ0v) is 12.2. The topological polar surface area (TPSA) is 93.6 Å². The zero-order chi connectivity index (χ0) is 15.5. The van der Waals surface area contributed by atoms with E-state index >= 15 is 0 Å². The molecule has 0 atom stereocenters. The van der Waals surface area contributed by atoms with Crippen LogP contribution in [0.5, 0.6) is 0 Å². The largest absolute Gasteiger partial charge is 0.472 e. The molecule has 1 aromatic heterocycles. The van der Waals surface area contributed by atoms with E-state index in [0.29, 0.717) is 19.6 Å². The van der Waals surface area contributed by atoms with Gasteiger partial charge in [-0.3, -0.25) is 0 Å². The summed E-state index contributed by atoms with van der Waals surface area (Å²) in [6.45, 7) is 1.07. The van der Waals surface area contributed by atoms with Gasteiger partial charge in [0.1, 0.15) is 5.10 Å². The molecule has 116 valence electrons. The molecule has 2 heterocycles. The molecule has 1 aliphatic rings. The second kappa shape index (κ2) is 6.10. The molecule has 0 spiro atoms. The van der Waals surface area contributed by atoms with Crippen LogP contribution in [0.2, 0.25) is 0 Å². The van der Waals surface area contributed by atoms with E-state index in [4.69, 9.17) is 13.9 Å². The van der Waals surface area contributed by atoms with Crippen LogP contribution in [0, 0.1) is 10.1 Å². The van der Waals surface area contributed by atoms with Gasteiger partial charge in [0, 0.05) is 33.4 Å². The van der Waals surface area contributed by atoms with E-state index in [0.717, 1.165) is 5.56 Å². The molecule has 21 heavy (non-hydrogen) atoms. The first-order valence-electron chi connectivity index (χ1n) is 6.30. The molecule has 0 saturated carbocycles. The van der Waals surface area contributed by atoms with Crippen LogP contribution in [0.3, 0.4) is 0 Å². The first-order valence-corrected chi connectivity index (χ1v) is 6.30. The fourth-order valence-electron chi connectivity index (χ4n) is 2.37. The Balaban J connectivity index is 2.29. The van der Waals surface area contributed by atoms with E-state index in [1.807, 2.05) is 0 Å². The molecule has 9 heteroatoms. The third-order valence-corrected chi connectivity index (χ3v) is 3.40. The highest BCUT2D eigenvalue weighted by Gasteiger charge is 2.42.